The van der Waals surface area contributed by atoms with Gasteiger partial charge in [-0.25, -0.2) is 0 Å². The zero-order valence-electron chi connectivity index (χ0n) is 12.1. The van der Waals surface area contributed by atoms with Crippen molar-refractivity contribution in [1.82, 2.24) is 0 Å². The highest BCUT2D eigenvalue weighted by Gasteiger charge is 2.16. The first-order chi connectivity index (χ1) is 10.0. The van der Waals surface area contributed by atoms with Crippen LogP contribution in [0.15, 0.2) is 42.5 Å². The number of anilines is 1. The van der Waals surface area contributed by atoms with Crippen LogP contribution in [0.2, 0.25) is 5.02 Å². The second kappa shape index (κ2) is 6.64. The van der Waals surface area contributed by atoms with E-state index in [1.165, 1.54) is 0 Å². The minimum Gasteiger partial charge on any atom is -0.508 e. The molecule has 21 heavy (non-hydrogen) atoms. The van der Waals surface area contributed by atoms with E-state index in [-0.39, 0.29) is 11.7 Å². The predicted molar refractivity (Wildman–Crippen MR) is 86.0 cm³/mol. The van der Waals surface area contributed by atoms with Gasteiger partial charge in [0.2, 0.25) is 5.91 Å². The molecular formula is C17H18ClNO2. The number of benzene rings is 2. The molecule has 1 amide bonds. The van der Waals surface area contributed by atoms with E-state index in [2.05, 4.69) is 0 Å². The fourth-order valence-corrected chi connectivity index (χ4v) is 2.37. The molecule has 2 rings (SSSR count). The maximum absolute atomic E-state index is 12.5. The molecule has 0 saturated heterocycles. The van der Waals surface area contributed by atoms with Gasteiger partial charge < -0.3 is 10.0 Å². The zero-order chi connectivity index (χ0) is 15.4. The standard InChI is InChI=1S/C17H18ClNO2/c1-3-19(16-11-15(20)9-4-12(16)2)17(21)10-13-5-7-14(18)8-6-13/h4-9,11,20H,3,10H2,1-2H3. The molecule has 0 unspecified atom stereocenters. The molecular weight excluding hydrogens is 286 g/mol. The number of aryl methyl sites for hydroxylation is 1. The van der Waals surface area contributed by atoms with Crippen molar-refractivity contribution >= 4 is 23.2 Å². The molecule has 0 bridgehead atoms. The summed E-state index contributed by atoms with van der Waals surface area (Å²) in [5, 5.41) is 10.3. The first-order valence-electron chi connectivity index (χ1n) is 6.85. The summed E-state index contributed by atoms with van der Waals surface area (Å²) in [4.78, 5) is 14.2. The summed E-state index contributed by atoms with van der Waals surface area (Å²) < 4.78 is 0. The van der Waals surface area contributed by atoms with Gasteiger partial charge >= 0.3 is 0 Å². The quantitative estimate of drug-likeness (QED) is 0.929. The van der Waals surface area contributed by atoms with Gasteiger partial charge in [0.05, 0.1) is 12.1 Å². The predicted octanol–water partition coefficient (Wildman–Crippen LogP) is 3.95. The zero-order valence-corrected chi connectivity index (χ0v) is 12.9. The first-order valence-corrected chi connectivity index (χ1v) is 7.23. The number of phenolic OH excluding ortho intramolecular Hbond substituents is 1. The fraction of sp³-hybridized carbons (Fsp3) is 0.235. The van der Waals surface area contributed by atoms with E-state index in [0.29, 0.717) is 18.0 Å². The average molecular weight is 304 g/mol. The number of aromatic hydroxyl groups is 1. The summed E-state index contributed by atoms with van der Waals surface area (Å²) in [7, 11) is 0. The maximum Gasteiger partial charge on any atom is 0.231 e. The van der Waals surface area contributed by atoms with E-state index in [4.69, 9.17) is 11.6 Å². The van der Waals surface area contributed by atoms with Crippen LogP contribution in [0.3, 0.4) is 0 Å². The van der Waals surface area contributed by atoms with Crippen LogP contribution in [-0.2, 0) is 11.2 Å². The number of hydrogen-bond donors (Lipinski definition) is 1. The summed E-state index contributed by atoms with van der Waals surface area (Å²) in [6.45, 7) is 4.40. The van der Waals surface area contributed by atoms with Gasteiger partial charge in [-0.1, -0.05) is 29.8 Å². The van der Waals surface area contributed by atoms with E-state index >= 15 is 0 Å². The lowest BCUT2D eigenvalue weighted by Crippen LogP contribution is -2.32. The Balaban J connectivity index is 2.22. The van der Waals surface area contributed by atoms with Crippen molar-refractivity contribution in [1.29, 1.82) is 0 Å². The monoisotopic (exact) mass is 303 g/mol. The number of amides is 1. The molecule has 3 nitrogen and oxygen atoms in total. The molecule has 0 atom stereocenters. The van der Waals surface area contributed by atoms with Crippen molar-refractivity contribution < 1.29 is 9.90 Å². The molecule has 0 aliphatic heterocycles. The normalized spacial score (nSPS) is 10.4. The van der Waals surface area contributed by atoms with Gasteiger partial charge in [-0.3, -0.25) is 4.79 Å². The molecule has 110 valence electrons. The van der Waals surface area contributed by atoms with E-state index in [1.807, 2.05) is 32.0 Å². The van der Waals surface area contributed by atoms with Crippen LogP contribution < -0.4 is 4.90 Å². The number of rotatable bonds is 4. The van der Waals surface area contributed by atoms with Crippen molar-refractivity contribution in [3.8, 4) is 5.75 Å². The lowest BCUT2D eigenvalue weighted by molar-refractivity contribution is -0.117. The minimum absolute atomic E-state index is 0.00600. The molecule has 1 N–H and O–H groups in total. The molecule has 0 radical (unpaired) electrons. The third kappa shape index (κ3) is 3.76. The summed E-state index contributed by atoms with van der Waals surface area (Å²) in [5.74, 6) is 0.155. The molecule has 2 aromatic carbocycles. The van der Waals surface area contributed by atoms with Crippen molar-refractivity contribution in [3.63, 3.8) is 0 Å². The van der Waals surface area contributed by atoms with E-state index in [1.54, 1.807) is 29.2 Å². The summed E-state index contributed by atoms with van der Waals surface area (Å²) in [5.41, 5.74) is 2.62. The Morgan fingerprint density at radius 2 is 1.86 bits per heavy atom. The van der Waals surface area contributed by atoms with E-state index in [9.17, 15) is 9.90 Å². The van der Waals surface area contributed by atoms with Crippen molar-refractivity contribution in [2.75, 3.05) is 11.4 Å². The number of carbonyl (C=O) groups is 1. The van der Waals surface area contributed by atoms with E-state index in [0.717, 1.165) is 16.8 Å². The van der Waals surface area contributed by atoms with Crippen LogP contribution >= 0.6 is 11.6 Å². The minimum atomic E-state index is -0.00600. The highest BCUT2D eigenvalue weighted by atomic mass is 35.5. The largest absolute Gasteiger partial charge is 0.508 e. The number of hydrogen-bond acceptors (Lipinski definition) is 2. The van der Waals surface area contributed by atoms with E-state index < -0.39 is 0 Å². The lowest BCUT2D eigenvalue weighted by atomic mass is 10.1. The Labute approximate surface area is 129 Å². The molecule has 0 aromatic heterocycles. The fourth-order valence-electron chi connectivity index (χ4n) is 2.24. The number of carbonyl (C=O) groups excluding carboxylic acids is 1. The second-order valence-electron chi connectivity index (χ2n) is 4.91. The molecule has 4 heteroatoms. The molecule has 0 heterocycles. The topological polar surface area (TPSA) is 40.5 Å². The summed E-state index contributed by atoms with van der Waals surface area (Å²) >= 11 is 5.85. The van der Waals surface area contributed by atoms with Gasteiger partial charge in [0.15, 0.2) is 0 Å². The Kier molecular flexibility index (Phi) is 4.86. The molecule has 0 aliphatic carbocycles. The Morgan fingerprint density at radius 1 is 1.19 bits per heavy atom. The van der Waals surface area contributed by atoms with Crippen molar-refractivity contribution in [2.24, 2.45) is 0 Å². The van der Waals surface area contributed by atoms with Crippen LogP contribution in [0.4, 0.5) is 5.69 Å². The number of likely N-dealkylation sites (N-methyl/N-ethyl adjacent to an activating group) is 1. The molecule has 0 spiro atoms. The highest BCUT2D eigenvalue weighted by Crippen LogP contribution is 2.25. The third-order valence-corrected chi connectivity index (χ3v) is 3.62. The van der Waals surface area contributed by atoms with Gasteiger partial charge in [-0.15, -0.1) is 0 Å². The Hall–Kier alpha value is -2.00. The second-order valence-corrected chi connectivity index (χ2v) is 5.35. The summed E-state index contributed by atoms with van der Waals surface area (Å²) in [6, 6.07) is 12.3. The maximum atomic E-state index is 12.5. The molecule has 2 aromatic rings. The molecule has 0 fully saturated rings. The molecule has 0 saturated carbocycles. The van der Waals surface area contributed by atoms with Crippen molar-refractivity contribution in [3.05, 3.63) is 58.6 Å². The lowest BCUT2D eigenvalue weighted by Gasteiger charge is -2.23. The van der Waals surface area contributed by atoms with Gasteiger partial charge in [0, 0.05) is 17.6 Å². The van der Waals surface area contributed by atoms with Gasteiger partial charge in [0.1, 0.15) is 5.75 Å². The van der Waals surface area contributed by atoms with Crippen LogP contribution in [0.5, 0.6) is 5.75 Å². The first kappa shape index (κ1) is 15.4. The van der Waals surface area contributed by atoms with Gasteiger partial charge in [-0.05, 0) is 43.2 Å². The molecule has 0 aliphatic rings. The number of phenols is 1. The SMILES string of the molecule is CCN(C(=O)Cc1ccc(Cl)cc1)c1cc(O)ccc1C. The van der Waals surface area contributed by atoms with Crippen LogP contribution in [-0.4, -0.2) is 17.6 Å². The van der Waals surface area contributed by atoms with Crippen LogP contribution in [0, 0.1) is 6.92 Å². The Morgan fingerprint density at radius 3 is 2.48 bits per heavy atom. The Bertz CT molecular complexity index is 638. The van der Waals surface area contributed by atoms with Gasteiger partial charge in [0.25, 0.3) is 0 Å². The van der Waals surface area contributed by atoms with Crippen LogP contribution in [0.1, 0.15) is 18.1 Å². The van der Waals surface area contributed by atoms with Gasteiger partial charge in [-0.2, -0.15) is 0 Å². The smallest absolute Gasteiger partial charge is 0.231 e. The number of halogens is 1. The van der Waals surface area contributed by atoms with Crippen molar-refractivity contribution in [2.45, 2.75) is 20.3 Å². The third-order valence-electron chi connectivity index (χ3n) is 3.37. The highest BCUT2D eigenvalue weighted by molar-refractivity contribution is 6.30. The average Bonchev–Trinajstić information content (AvgIpc) is 2.46. The van der Waals surface area contributed by atoms with Crippen LogP contribution in [0.25, 0.3) is 0 Å². The summed E-state index contributed by atoms with van der Waals surface area (Å²) in [6.07, 6.45) is 0.306. The number of nitrogens with zero attached hydrogens (tertiary/aromatic N) is 1.